The lowest BCUT2D eigenvalue weighted by Crippen LogP contribution is -2.51. The lowest BCUT2D eigenvalue weighted by atomic mass is 10.1. The first-order valence-corrected chi connectivity index (χ1v) is 11.2. The van der Waals surface area contributed by atoms with Gasteiger partial charge in [-0.2, -0.15) is 0 Å². The summed E-state index contributed by atoms with van der Waals surface area (Å²) in [6, 6.07) is 14.0. The number of carbonyl (C=O) groups excluding carboxylic acids is 2. The Hall–Kier alpha value is -4.03. The molecule has 4 N–H and O–H groups in total. The Morgan fingerprint density at radius 2 is 1.81 bits per heavy atom. The monoisotopic (exact) mass is 514 g/mol. The summed E-state index contributed by atoms with van der Waals surface area (Å²) in [6.45, 7) is 2.89. The minimum absolute atomic E-state index is 0. The molecule has 0 aliphatic rings. The highest BCUT2D eigenvalue weighted by molar-refractivity contribution is 5.85. The highest BCUT2D eigenvalue weighted by Crippen LogP contribution is 2.18. The van der Waals surface area contributed by atoms with Gasteiger partial charge in [0.05, 0.1) is 24.4 Å². The molecule has 2 aromatic heterocycles. The molecule has 0 aliphatic carbocycles. The summed E-state index contributed by atoms with van der Waals surface area (Å²) in [6.07, 6.45) is -0.801. The molecular formula is C25H34N6O6. The van der Waals surface area contributed by atoms with Gasteiger partial charge in [0.15, 0.2) is 11.5 Å². The number of hydrogen-bond acceptors (Lipinski definition) is 8. The first-order valence-electron chi connectivity index (χ1n) is 11.2. The predicted molar refractivity (Wildman–Crippen MR) is 135 cm³/mol. The SMILES string of the molecule is C.CN(CC(=O)O)C(=O)OCc1cccc2nnc([C@@H](COCc3ccccc3)NC(=O)C(C)(C)N)n12. The number of aliphatic carboxylic acids is 1. The first kappa shape index (κ1) is 29.2. The average molecular weight is 515 g/mol. The molecule has 12 nitrogen and oxygen atoms in total. The Kier molecular flexibility index (Phi) is 10.1. The summed E-state index contributed by atoms with van der Waals surface area (Å²) in [5, 5.41) is 20.2. The molecule has 2 amide bonds. The van der Waals surface area contributed by atoms with Gasteiger partial charge in [-0.05, 0) is 31.5 Å². The van der Waals surface area contributed by atoms with E-state index in [9.17, 15) is 14.4 Å². The molecule has 0 aliphatic heterocycles. The van der Waals surface area contributed by atoms with Gasteiger partial charge in [0, 0.05) is 7.05 Å². The van der Waals surface area contributed by atoms with Crippen molar-refractivity contribution >= 4 is 23.6 Å². The predicted octanol–water partition coefficient (Wildman–Crippen LogP) is 2.13. The number of ether oxygens (including phenoxy) is 2. The Morgan fingerprint density at radius 3 is 2.46 bits per heavy atom. The molecule has 2 heterocycles. The van der Waals surface area contributed by atoms with Gasteiger partial charge in [0.1, 0.15) is 19.2 Å². The van der Waals surface area contributed by atoms with Crippen molar-refractivity contribution in [2.45, 2.75) is 46.1 Å². The van der Waals surface area contributed by atoms with Crippen LogP contribution in [-0.4, -0.2) is 68.3 Å². The second kappa shape index (κ2) is 12.8. The number of nitrogens with one attached hydrogen (secondary N) is 1. The summed E-state index contributed by atoms with van der Waals surface area (Å²) in [5.41, 5.74) is 6.78. The highest BCUT2D eigenvalue weighted by Gasteiger charge is 2.28. The van der Waals surface area contributed by atoms with Crippen molar-refractivity contribution in [3.63, 3.8) is 0 Å². The number of rotatable bonds is 11. The van der Waals surface area contributed by atoms with Crippen LogP contribution in [0.5, 0.6) is 0 Å². The topological polar surface area (TPSA) is 161 Å². The number of amides is 2. The third kappa shape index (κ3) is 7.98. The van der Waals surface area contributed by atoms with Crippen molar-refractivity contribution < 1.29 is 29.0 Å². The third-order valence-electron chi connectivity index (χ3n) is 5.16. The molecule has 0 spiro atoms. The number of hydrogen-bond donors (Lipinski definition) is 3. The minimum atomic E-state index is -1.16. The van der Waals surface area contributed by atoms with E-state index in [1.165, 1.54) is 7.05 Å². The number of benzene rings is 1. The minimum Gasteiger partial charge on any atom is -0.480 e. The van der Waals surface area contributed by atoms with Gasteiger partial charge >= 0.3 is 12.1 Å². The molecule has 200 valence electrons. The van der Waals surface area contributed by atoms with E-state index >= 15 is 0 Å². The zero-order chi connectivity index (χ0) is 26.3. The van der Waals surface area contributed by atoms with Crippen LogP contribution >= 0.6 is 0 Å². The molecule has 3 aromatic rings. The summed E-state index contributed by atoms with van der Waals surface area (Å²) < 4.78 is 12.8. The fourth-order valence-electron chi connectivity index (χ4n) is 3.28. The summed E-state index contributed by atoms with van der Waals surface area (Å²) >= 11 is 0. The Morgan fingerprint density at radius 1 is 1.11 bits per heavy atom. The van der Waals surface area contributed by atoms with Crippen LogP contribution in [0.15, 0.2) is 48.5 Å². The largest absolute Gasteiger partial charge is 0.480 e. The van der Waals surface area contributed by atoms with Crippen molar-refractivity contribution in [2.75, 3.05) is 20.2 Å². The Bertz CT molecular complexity index is 1210. The smallest absolute Gasteiger partial charge is 0.410 e. The maximum atomic E-state index is 12.7. The fourth-order valence-corrected chi connectivity index (χ4v) is 3.28. The molecular weight excluding hydrogens is 480 g/mol. The quantitative estimate of drug-likeness (QED) is 0.348. The molecule has 1 aromatic carbocycles. The summed E-state index contributed by atoms with van der Waals surface area (Å²) in [7, 11) is 1.32. The zero-order valence-electron chi connectivity index (χ0n) is 20.4. The second-order valence-electron chi connectivity index (χ2n) is 8.82. The van der Waals surface area contributed by atoms with Crippen molar-refractivity contribution in [3.05, 3.63) is 65.6 Å². The van der Waals surface area contributed by atoms with Gasteiger partial charge in [-0.1, -0.05) is 43.8 Å². The molecule has 0 saturated heterocycles. The molecule has 3 rings (SSSR count). The molecule has 0 fully saturated rings. The Balaban J connectivity index is 0.00000481. The number of pyridine rings is 1. The van der Waals surface area contributed by atoms with E-state index in [-0.39, 0.29) is 20.6 Å². The van der Waals surface area contributed by atoms with Crippen molar-refractivity contribution in [3.8, 4) is 0 Å². The van der Waals surface area contributed by atoms with Gasteiger partial charge < -0.3 is 30.5 Å². The lowest BCUT2D eigenvalue weighted by Gasteiger charge is -2.24. The number of fused-ring (bicyclic) bond motifs is 1. The van der Waals surface area contributed by atoms with Crippen LogP contribution in [0.25, 0.3) is 5.65 Å². The number of carboxylic acids is 1. The molecule has 1 atom stereocenters. The average Bonchev–Trinajstić information content (AvgIpc) is 3.26. The first-order chi connectivity index (χ1) is 17.1. The van der Waals surface area contributed by atoms with E-state index in [1.54, 1.807) is 36.4 Å². The molecule has 12 heteroatoms. The molecule has 0 saturated carbocycles. The van der Waals surface area contributed by atoms with E-state index in [0.29, 0.717) is 23.8 Å². The van der Waals surface area contributed by atoms with Gasteiger partial charge in [-0.15, -0.1) is 10.2 Å². The molecule has 0 radical (unpaired) electrons. The van der Waals surface area contributed by atoms with Gasteiger partial charge in [-0.3, -0.25) is 14.0 Å². The van der Waals surface area contributed by atoms with Crippen LogP contribution < -0.4 is 11.1 Å². The number of likely N-dealkylation sites (N-methyl/N-ethyl adjacent to an activating group) is 1. The van der Waals surface area contributed by atoms with Crippen LogP contribution in [0, 0.1) is 0 Å². The van der Waals surface area contributed by atoms with Crippen molar-refractivity contribution in [1.82, 2.24) is 24.8 Å². The molecule has 37 heavy (non-hydrogen) atoms. The van der Waals surface area contributed by atoms with E-state index in [4.69, 9.17) is 20.3 Å². The van der Waals surface area contributed by atoms with Crippen molar-refractivity contribution in [2.24, 2.45) is 5.73 Å². The fraction of sp³-hybridized carbons (Fsp3) is 0.400. The van der Waals surface area contributed by atoms with Crippen LogP contribution in [0.3, 0.4) is 0 Å². The number of nitrogens with two attached hydrogens (primary N) is 1. The number of nitrogens with zero attached hydrogens (tertiary/aromatic N) is 4. The summed E-state index contributed by atoms with van der Waals surface area (Å²) in [5.74, 6) is -1.21. The maximum Gasteiger partial charge on any atom is 0.410 e. The Labute approximate surface area is 215 Å². The zero-order valence-corrected chi connectivity index (χ0v) is 20.4. The second-order valence-corrected chi connectivity index (χ2v) is 8.82. The normalized spacial score (nSPS) is 11.9. The lowest BCUT2D eigenvalue weighted by molar-refractivity contribution is -0.137. The number of carboxylic acid groups (broad SMARTS) is 1. The summed E-state index contributed by atoms with van der Waals surface area (Å²) in [4.78, 5) is 36.7. The van der Waals surface area contributed by atoms with Gasteiger partial charge in [0.2, 0.25) is 5.91 Å². The third-order valence-corrected chi connectivity index (χ3v) is 5.16. The van der Waals surface area contributed by atoms with E-state index in [0.717, 1.165) is 10.5 Å². The van der Waals surface area contributed by atoms with Crippen LogP contribution in [-0.2, 0) is 32.3 Å². The van der Waals surface area contributed by atoms with Crippen LogP contribution in [0.1, 0.15) is 44.4 Å². The van der Waals surface area contributed by atoms with E-state index in [2.05, 4.69) is 15.5 Å². The highest BCUT2D eigenvalue weighted by atomic mass is 16.6. The number of aromatic nitrogens is 3. The van der Waals surface area contributed by atoms with Crippen LogP contribution in [0.4, 0.5) is 4.79 Å². The molecule has 0 bridgehead atoms. The van der Waals surface area contributed by atoms with Crippen LogP contribution in [0.2, 0.25) is 0 Å². The molecule has 0 unspecified atom stereocenters. The standard InChI is InChI=1S/C24H30N6O6.CH4/c1-24(2,25)22(33)26-18(15-35-13-16-8-5-4-6-9-16)21-28-27-19-11-7-10-17(30(19)21)14-36-23(34)29(3)12-20(31)32;/h4-11,18H,12-15,25H2,1-3H3,(H,26,33)(H,31,32);1H4/t18-;/m1./s1. The van der Waals surface area contributed by atoms with E-state index in [1.807, 2.05) is 30.3 Å². The number of carbonyl (C=O) groups is 3. The maximum absolute atomic E-state index is 12.7. The van der Waals surface area contributed by atoms with Crippen molar-refractivity contribution in [1.29, 1.82) is 0 Å². The van der Waals surface area contributed by atoms with Gasteiger partial charge in [-0.25, -0.2) is 4.79 Å². The van der Waals surface area contributed by atoms with Gasteiger partial charge in [0.25, 0.3) is 0 Å². The van der Waals surface area contributed by atoms with E-state index < -0.39 is 36.1 Å².